The fourth-order valence-electron chi connectivity index (χ4n) is 1.04. The molecule has 0 aliphatic carbocycles. The van der Waals surface area contributed by atoms with Gasteiger partial charge < -0.3 is 10.1 Å². The highest BCUT2D eigenvalue weighted by Gasteiger charge is 2.04. The van der Waals surface area contributed by atoms with Crippen molar-refractivity contribution in [3.8, 4) is 5.88 Å². The zero-order valence-electron chi connectivity index (χ0n) is 9.25. The van der Waals surface area contributed by atoms with Crippen LogP contribution in [0.1, 0.15) is 12.6 Å². The lowest BCUT2D eigenvalue weighted by Gasteiger charge is -2.10. The van der Waals surface area contributed by atoms with Gasteiger partial charge in [-0.3, -0.25) is 0 Å². The number of rotatable bonds is 5. The van der Waals surface area contributed by atoms with Crippen LogP contribution in [-0.4, -0.2) is 29.5 Å². The molecule has 0 fully saturated rings. The molecule has 84 valence electrons. The number of aromatic nitrogens is 2. The van der Waals surface area contributed by atoms with Gasteiger partial charge in [-0.15, -0.1) is 11.6 Å². The van der Waals surface area contributed by atoms with Crippen molar-refractivity contribution in [2.75, 3.05) is 24.9 Å². The third kappa shape index (κ3) is 3.91. The lowest BCUT2D eigenvalue weighted by molar-refractivity contribution is 0.397. The molecule has 1 N–H and O–H groups in total. The molecule has 0 spiro atoms. The molecule has 0 aliphatic rings. The first kappa shape index (κ1) is 12.0. The number of anilines is 1. The Balaban J connectivity index is 2.64. The highest BCUT2D eigenvalue weighted by molar-refractivity contribution is 6.18. The molecule has 5 heteroatoms. The molecule has 0 aliphatic heterocycles. The quantitative estimate of drug-likeness (QED) is 0.786. The summed E-state index contributed by atoms with van der Waals surface area (Å²) in [6.45, 7) is 4.73. The third-order valence-electron chi connectivity index (χ3n) is 1.91. The van der Waals surface area contributed by atoms with Crippen LogP contribution in [0, 0.1) is 12.8 Å². The molecule has 0 radical (unpaired) electrons. The zero-order valence-corrected chi connectivity index (χ0v) is 10.0. The van der Waals surface area contributed by atoms with Gasteiger partial charge in [-0.2, -0.15) is 4.98 Å². The van der Waals surface area contributed by atoms with E-state index in [1.807, 2.05) is 6.92 Å². The van der Waals surface area contributed by atoms with Crippen LogP contribution in [0.15, 0.2) is 6.07 Å². The van der Waals surface area contributed by atoms with Gasteiger partial charge in [0.05, 0.1) is 7.11 Å². The molecule has 0 saturated heterocycles. The first-order valence-corrected chi connectivity index (χ1v) is 5.38. The van der Waals surface area contributed by atoms with Crippen molar-refractivity contribution in [2.24, 2.45) is 5.92 Å². The summed E-state index contributed by atoms with van der Waals surface area (Å²) in [6.07, 6.45) is 0. The van der Waals surface area contributed by atoms with Crippen LogP contribution < -0.4 is 10.1 Å². The van der Waals surface area contributed by atoms with E-state index in [4.69, 9.17) is 16.3 Å². The van der Waals surface area contributed by atoms with Gasteiger partial charge in [-0.1, -0.05) is 6.92 Å². The first-order valence-electron chi connectivity index (χ1n) is 4.85. The highest BCUT2D eigenvalue weighted by atomic mass is 35.5. The fourth-order valence-corrected chi connectivity index (χ4v) is 1.15. The minimum absolute atomic E-state index is 0.391. The number of nitrogens with one attached hydrogen (secondary N) is 1. The molecule has 15 heavy (non-hydrogen) atoms. The number of hydrogen-bond donors (Lipinski definition) is 1. The monoisotopic (exact) mass is 229 g/mol. The lowest BCUT2D eigenvalue weighted by atomic mass is 10.2. The van der Waals surface area contributed by atoms with Gasteiger partial charge in [-0.25, -0.2) is 4.98 Å². The molecule has 4 nitrogen and oxygen atoms in total. The van der Waals surface area contributed by atoms with E-state index in [1.165, 1.54) is 0 Å². The van der Waals surface area contributed by atoms with E-state index in [-0.39, 0.29) is 0 Å². The molecule has 1 atom stereocenters. The molecule has 1 heterocycles. The number of hydrogen-bond acceptors (Lipinski definition) is 4. The van der Waals surface area contributed by atoms with Gasteiger partial charge in [-0.05, 0) is 12.8 Å². The predicted molar refractivity (Wildman–Crippen MR) is 61.7 cm³/mol. The van der Waals surface area contributed by atoms with E-state index in [0.29, 0.717) is 23.6 Å². The molecule has 0 saturated carbocycles. The van der Waals surface area contributed by atoms with Crippen molar-refractivity contribution in [1.29, 1.82) is 0 Å². The maximum atomic E-state index is 5.70. The Kier molecular flexibility index (Phi) is 4.62. The molecule has 1 aromatic heterocycles. The summed E-state index contributed by atoms with van der Waals surface area (Å²) in [5.74, 6) is 2.17. The van der Waals surface area contributed by atoms with Gasteiger partial charge in [0.1, 0.15) is 0 Å². The molecule has 0 bridgehead atoms. The summed E-state index contributed by atoms with van der Waals surface area (Å²) in [5.41, 5.74) is 0.878. The SMILES string of the molecule is COc1cc(C)nc(NCC(C)CCl)n1. The lowest BCUT2D eigenvalue weighted by Crippen LogP contribution is -2.14. The van der Waals surface area contributed by atoms with E-state index in [0.717, 1.165) is 12.2 Å². The maximum Gasteiger partial charge on any atom is 0.226 e. The minimum atomic E-state index is 0.391. The minimum Gasteiger partial charge on any atom is -0.481 e. The van der Waals surface area contributed by atoms with Gasteiger partial charge in [0, 0.05) is 24.2 Å². The Morgan fingerprint density at radius 3 is 2.87 bits per heavy atom. The molecular weight excluding hydrogens is 214 g/mol. The van der Waals surface area contributed by atoms with Gasteiger partial charge >= 0.3 is 0 Å². The average Bonchev–Trinajstić information content (AvgIpc) is 2.25. The molecule has 1 aromatic rings. The highest BCUT2D eigenvalue weighted by Crippen LogP contribution is 2.11. The smallest absolute Gasteiger partial charge is 0.226 e. The van der Waals surface area contributed by atoms with Gasteiger partial charge in [0.15, 0.2) is 0 Å². The number of ether oxygens (including phenoxy) is 1. The second-order valence-electron chi connectivity index (χ2n) is 3.52. The normalized spacial score (nSPS) is 12.3. The van der Waals surface area contributed by atoms with Crippen molar-refractivity contribution in [3.63, 3.8) is 0 Å². The zero-order chi connectivity index (χ0) is 11.3. The van der Waals surface area contributed by atoms with Crippen LogP contribution in [0.4, 0.5) is 5.95 Å². The maximum absolute atomic E-state index is 5.70. The van der Waals surface area contributed by atoms with E-state index >= 15 is 0 Å². The summed E-state index contributed by atoms with van der Waals surface area (Å²) in [7, 11) is 1.59. The van der Waals surface area contributed by atoms with E-state index < -0.39 is 0 Å². The second kappa shape index (κ2) is 5.75. The Hall–Kier alpha value is -1.03. The van der Waals surface area contributed by atoms with Crippen LogP contribution in [-0.2, 0) is 0 Å². The number of alkyl halides is 1. The van der Waals surface area contributed by atoms with E-state index in [1.54, 1.807) is 13.2 Å². The largest absolute Gasteiger partial charge is 0.481 e. The summed E-state index contributed by atoms with van der Waals surface area (Å²) < 4.78 is 5.05. The Morgan fingerprint density at radius 1 is 1.53 bits per heavy atom. The fraction of sp³-hybridized carbons (Fsp3) is 0.600. The Bertz CT molecular complexity index is 320. The molecule has 1 rings (SSSR count). The molecule has 0 amide bonds. The average molecular weight is 230 g/mol. The topological polar surface area (TPSA) is 47.0 Å². The standard InChI is InChI=1S/C10H16ClN3O/c1-7(5-11)6-12-10-13-8(2)4-9(14-10)15-3/h4,7H,5-6H2,1-3H3,(H,12,13,14). The van der Waals surface area contributed by atoms with Crippen LogP contribution in [0.5, 0.6) is 5.88 Å². The van der Waals surface area contributed by atoms with Crippen LogP contribution in [0.25, 0.3) is 0 Å². The summed E-state index contributed by atoms with van der Waals surface area (Å²) in [5, 5.41) is 3.12. The Morgan fingerprint density at radius 2 is 2.27 bits per heavy atom. The summed E-state index contributed by atoms with van der Waals surface area (Å²) >= 11 is 5.70. The van der Waals surface area contributed by atoms with Crippen molar-refractivity contribution in [3.05, 3.63) is 11.8 Å². The first-order chi connectivity index (χ1) is 7.15. The summed E-state index contributed by atoms with van der Waals surface area (Å²) in [4.78, 5) is 8.41. The van der Waals surface area contributed by atoms with Crippen molar-refractivity contribution >= 4 is 17.5 Å². The molecule has 0 aromatic carbocycles. The van der Waals surface area contributed by atoms with Crippen molar-refractivity contribution in [2.45, 2.75) is 13.8 Å². The van der Waals surface area contributed by atoms with Gasteiger partial charge in [0.2, 0.25) is 11.8 Å². The number of methoxy groups -OCH3 is 1. The summed E-state index contributed by atoms with van der Waals surface area (Å²) in [6, 6.07) is 1.79. The van der Waals surface area contributed by atoms with Crippen molar-refractivity contribution < 1.29 is 4.74 Å². The van der Waals surface area contributed by atoms with Crippen LogP contribution in [0.3, 0.4) is 0 Å². The van der Waals surface area contributed by atoms with E-state index in [2.05, 4.69) is 22.2 Å². The van der Waals surface area contributed by atoms with Crippen LogP contribution >= 0.6 is 11.6 Å². The van der Waals surface area contributed by atoms with Crippen molar-refractivity contribution in [1.82, 2.24) is 9.97 Å². The van der Waals surface area contributed by atoms with Crippen LogP contribution in [0.2, 0.25) is 0 Å². The predicted octanol–water partition coefficient (Wildman–Crippen LogP) is 2.08. The third-order valence-corrected chi connectivity index (χ3v) is 2.44. The molecular formula is C10H16ClN3O. The molecule has 1 unspecified atom stereocenters. The number of aryl methyl sites for hydroxylation is 1. The Labute approximate surface area is 95.0 Å². The van der Waals surface area contributed by atoms with Gasteiger partial charge in [0.25, 0.3) is 0 Å². The second-order valence-corrected chi connectivity index (χ2v) is 3.82. The van der Waals surface area contributed by atoms with E-state index in [9.17, 15) is 0 Å². The number of nitrogens with zero attached hydrogens (tertiary/aromatic N) is 2. The number of halogens is 1.